The van der Waals surface area contributed by atoms with E-state index in [0.29, 0.717) is 0 Å². The molecule has 0 aromatic heterocycles. The second-order valence-corrected chi connectivity index (χ2v) is 6.50. The molecule has 0 aromatic carbocycles. The second kappa shape index (κ2) is 4.20. The maximum atomic E-state index is 3.31. The van der Waals surface area contributed by atoms with Gasteiger partial charge in [0.25, 0.3) is 9.28 Å². The molecule has 0 aromatic rings. The van der Waals surface area contributed by atoms with Crippen LogP contribution >= 0.6 is 0 Å². The quantitative estimate of drug-likeness (QED) is 0.585. The van der Waals surface area contributed by atoms with E-state index in [9.17, 15) is 0 Å². The first-order valence-corrected chi connectivity index (χ1v) is 5.68. The normalized spacial score (nSPS) is 13.1. The van der Waals surface area contributed by atoms with Crippen LogP contribution in [0.4, 0.5) is 0 Å². The van der Waals surface area contributed by atoms with Gasteiger partial charge in [-0.1, -0.05) is 0 Å². The largest absolute Gasteiger partial charge is 0.318 e. The van der Waals surface area contributed by atoms with Crippen LogP contribution in [0.3, 0.4) is 0 Å². The van der Waals surface area contributed by atoms with Crippen molar-refractivity contribution in [3.63, 3.8) is 0 Å². The number of hydrogen-bond acceptors (Lipinski definition) is 3. The van der Waals surface area contributed by atoms with E-state index in [1.165, 1.54) is 0 Å². The molecule has 0 fully saturated rings. The zero-order valence-electron chi connectivity index (χ0n) is 8.52. The molecule has 0 spiro atoms. The summed E-state index contributed by atoms with van der Waals surface area (Å²) in [6.07, 6.45) is 0. The van der Waals surface area contributed by atoms with Crippen LogP contribution < -0.4 is 9.96 Å². The summed E-state index contributed by atoms with van der Waals surface area (Å²) in [6, 6.07) is 0. The lowest BCUT2D eigenvalue weighted by atomic mass is 10.1. The Morgan fingerprint density at radius 3 is 1.55 bits per heavy atom. The van der Waals surface area contributed by atoms with Crippen molar-refractivity contribution in [3.8, 4) is 0 Å². The Kier molecular flexibility index (Phi) is 4.24. The molecule has 0 aliphatic rings. The van der Waals surface area contributed by atoms with Gasteiger partial charge in [-0.3, -0.25) is 0 Å². The van der Waals surface area contributed by atoms with Gasteiger partial charge < -0.3 is 14.5 Å². The Morgan fingerprint density at radius 1 is 1.09 bits per heavy atom. The summed E-state index contributed by atoms with van der Waals surface area (Å²) in [4.78, 5) is 6.62. The topological polar surface area (TPSA) is 27.3 Å². The fourth-order valence-electron chi connectivity index (χ4n) is 0.919. The fourth-order valence-corrected chi connectivity index (χ4v) is 2.76. The maximum Gasteiger partial charge on any atom is 0.267 e. The van der Waals surface area contributed by atoms with Gasteiger partial charge in [0.2, 0.25) is 0 Å². The molecule has 0 radical (unpaired) electrons. The summed E-state index contributed by atoms with van der Waals surface area (Å²) in [6.45, 7) is 6.67. The van der Waals surface area contributed by atoms with Crippen molar-refractivity contribution < 1.29 is 0 Å². The van der Waals surface area contributed by atoms with Crippen molar-refractivity contribution in [2.24, 2.45) is 0 Å². The molecule has 0 amide bonds. The molecule has 68 valence electrons. The Hall–Kier alpha value is 0.0969. The average Bonchev–Trinajstić information content (AvgIpc) is 1.88. The van der Waals surface area contributed by atoms with E-state index in [1.807, 2.05) is 14.1 Å². The SMILES string of the molecule is CN[SiH](NC)N(C)C(C)(C)C. The van der Waals surface area contributed by atoms with E-state index in [2.05, 4.69) is 42.3 Å². The van der Waals surface area contributed by atoms with E-state index in [1.54, 1.807) is 0 Å². The van der Waals surface area contributed by atoms with Crippen LogP contribution in [0.25, 0.3) is 0 Å². The van der Waals surface area contributed by atoms with Gasteiger partial charge in [-0.05, 0) is 41.9 Å². The monoisotopic (exact) mass is 175 g/mol. The minimum atomic E-state index is -1.08. The lowest BCUT2D eigenvalue weighted by molar-refractivity contribution is 0.283. The number of nitrogens with one attached hydrogen (secondary N) is 2. The molecule has 0 atom stereocenters. The van der Waals surface area contributed by atoms with E-state index < -0.39 is 9.28 Å². The molecular weight excluding hydrogens is 154 g/mol. The van der Waals surface area contributed by atoms with Gasteiger partial charge in [0.05, 0.1) is 0 Å². The molecule has 3 nitrogen and oxygen atoms in total. The van der Waals surface area contributed by atoms with E-state index in [-0.39, 0.29) is 5.54 Å². The van der Waals surface area contributed by atoms with Gasteiger partial charge in [-0.25, -0.2) is 0 Å². The van der Waals surface area contributed by atoms with Gasteiger partial charge in [-0.15, -0.1) is 0 Å². The molecule has 0 heterocycles. The van der Waals surface area contributed by atoms with Crippen molar-refractivity contribution in [3.05, 3.63) is 0 Å². The lowest BCUT2D eigenvalue weighted by Crippen LogP contribution is -2.61. The lowest BCUT2D eigenvalue weighted by Gasteiger charge is -2.36. The van der Waals surface area contributed by atoms with Crippen molar-refractivity contribution in [1.82, 2.24) is 14.5 Å². The third-order valence-corrected chi connectivity index (χ3v) is 4.64. The maximum absolute atomic E-state index is 3.31. The van der Waals surface area contributed by atoms with Crippen LogP contribution in [0.15, 0.2) is 0 Å². The number of nitrogens with zero attached hydrogens (tertiary/aromatic N) is 1. The van der Waals surface area contributed by atoms with Crippen LogP contribution in [0.5, 0.6) is 0 Å². The summed E-state index contributed by atoms with van der Waals surface area (Å²) >= 11 is 0. The Labute approximate surface area is 72.0 Å². The molecule has 0 aliphatic heterocycles. The number of hydrogen-bond donors (Lipinski definition) is 2. The molecule has 0 saturated heterocycles. The van der Waals surface area contributed by atoms with Crippen LogP contribution in [-0.2, 0) is 0 Å². The third-order valence-electron chi connectivity index (χ3n) is 1.99. The van der Waals surface area contributed by atoms with E-state index in [4.69, 9.17) is 0 Å². The highest BCUT2D eigenvalue weighted by atomic mass is 28.3. The van der Waals surface area contributed by atoms with Gasteiger partial charge in [-0.2, -0.15) is 0 Å². The summed E-state index contributed by atoms with van der Waals surface area (Å²) in [5.74, 6) is 0. The molecule has 4 heteroatoms. The summed E-state index contributed by atoms with van der Waals surface area (Å²) in [5, 5.41) is 0. The van der Waals surface area contributed by atoms with Gasteiger partial charge in [0.15, 0.2) is 0 Å². The molecule has 0 bridgehead atoms. The molecular formula is C7H21N3Si. The van der Waals surface area contributed by atoms with E-state index in [0.717, 1.165) is 0 Å². The van der Waals surface area contributed by atoms with Crippen molar-refractivity contribution in [2.75, 3.05) is 21.1 Å². The predicted octanol–water partition coefficient (Wildman–Crippen LogP) is -0.127. The Morgan fingerprint density at radius 2 is 1.45 bits per heavy atom. The first kappa shape index (κ1) is 11.1. The van der Waals surface area contributed by atoms with Crippen LogP contribution in [-0.4, -0.2) is 40.5 Å². The predicted molar refractivity (Wildman–Crippen MR) is 52.8 cm³/mol. The van der Waals surface area contributed by atoms with E-state index >= 15 is 0 Å². The molecule has 0 saturated carbocycles. The zero-order valence-corrected chi connectivity index (χ0v) is 9.68. The first-order chi connectivity index (χ1) is 4.93. The van der Waals surface area contributed by atoms with Gasteiger partial charge >= 0.3 is 0 Å². The average molecular weight is 175 g/mol. The molecule has 11 heavy (non-hydrogen) atoms. The minimum Gasteiger partial charge on any atom is -0.318 e. The summed E-state index contributed by atoms with van der Waals surface area (Å²) in [5.41, 5.74) is 0.253. The Balaban J connectivity index is 4.09. The van der Waals surface area contributed by atoms with Crippen LogP contribution in [0.2, 0.25) is 0 Å². The smallest absolute Gasteiger partial charge is 0.267 e. The summed E-state index contributed by atoms with van der Waals surface area (Å²) < 4.78 is 2.38. The first-order valence-electron chi connectivity index (χ1n) is 4.01. The van der Waals surface area contributed by atoms with Gasteiger partial charge in [0.1, 0.15) is 0 Å². The Bertz CT molecular complexity index is 107. The fraction of sp³-hybridized carbons (Fsp3) is 1.00. The van der Waals surface area contributed by atoms with Crippen molar-refractivity contribution in [2.45, 2.75) is 26.3 Å². The summed E-state index contributed by atoms with van der Waals surface area (Å²) in [7, 11) is 5.10. The highest BCUT2D eigenvalue weighted by Crippen LogP contribution is 2.09. The van der Waals surface area contributed by atoms with Crippen LogP contribution in [0.1, 0.15) is 20.8 Å². The highest BCUT2D eigenvalue weighted by Gasteiger charge is 2.24. The zero-order chi connectivity index (χ0) is 9.07. The molecule has 0 rings (SSSR count). The number of rotatable bonds is 3. The third kappa shape index (κ3) is 3.33. The van der Waals surface area contributed by atoms with Gasteiger partial charge in [0, 0.05) is 5.54 Å². The molecule has 2 N–H and O–H groups in total. The minimum absolute atomic E-state index is 0.253. The van der Waals surface area contributed by atoms with Crippen LogP contribution in [0, 0.1) is 0 Å². The second-order valence-electron chi connectivity index (χ2n) is 3.76. The van der Waals surface area contributed by atoms with Crippen molar-refractivity contribution in [1.29, 1.82) is 0 Å². The molecule has 0 unspecified atom stereocenters. The highest BCUT2D eigenvalue weighted by molar-refractivity contribution is 6.50. The standard InChI is InChI=1S/C7H21N3Si/c1-7(2,3)10(6)11(8-4)9-5/h8-9,11H,1-6H3. The molecule has 0 aliphatic carbocycles. The van der Waals surface area contributed by atoms with Crippen molar-refractivity contribution >= 4 is 9.28 Å².